The largest absolute Gasteiger partial charge is 0.317 e. The van der Waals surface area contributed by atoms with E-state index in [-0.39, 0.29) is 10.6 Å². The SMILES string of the molecule is CC(N)(c1cc(Br)ccc1Cl)C(F)F. The molecule has 0 saturated heterocycles. The molecule has 0 saturated carbocycles. The molecule has 0 aliphatic rings. The Morgan fingerprint density at radius 3 is 2.57 bits per heavy atom. The predicted octanol–water partition coefficient (Wildman–Crippen LogP) is 3.54. The van der Waals surface area contributed by atoms with Crippen molar-refractivity contribution >= 4 is 27.5 Å². The summed E-state index contributed by atoms with van der Waals surface area (Å²) in [6.45, 7) is 1.26. The summed E-state index contributed by atoms with van der Waals surface area (Å²) in [4.78, 5) is 0. The lowest BCUT2D eigenvalue weighted by Crippen LogP contribution is -2.40. The van der Waals surface area contributed by atoms with Crippen LogP contribution in [0.15, 0.2) is 22.7 Å². The topological polar surface area (TPSA) is 26.0 Å². The van der Waals surface area contributed by atoms with Gasteiger partial charge < -0.3 is 5.73 Å². The molecule has 0 aliphatic carbocycles. The Bertz CT molecular complexity index is 342. The van der Waals surface area contributed by atoms with Gasteiger partial charge >= 0.3 is 0 Å². The molecule has 0 spiro atoms. The zero-order chi connectivity index (χ0) is 10.9. The fourth-order valence-corrected chi connectivity index (χ4v) is 1.71. The molecule has 5 heteroatoms. The molecule has 0 radical (unpaired) electrons. The Morgan fingerprint density at radius 2 is 2.07 bits per heavy atom. The second-order valence-electron chi connectivity index (χ2n) is 3.21. The molecule has 2 N–H and O–H groups in total. The minimum absolute atomic E-state index is 0.239. The van der Waals surface area contributed by atoms with Crippen LogP contribution in [0.3, 0.4) is 0 Å². The van der Waals surface area contributed by atoms with Crippen LogP contribution in [0.2, 0.25) is 5.02 Å². The summed E-state index contributed by atoms with van der Waals surface area (Å²) in [5.74, 6) is 0. The maximum absolute atomic E-state index is 12.6. The van der Waals surface area contributed by atoms with Gasteiger partial charge in [0, 0.05) is 9.50 Å². The summed E-state index contributed by atoms with van der Waals surface area (Å²) in [7, 11) is 0. The lowest BCUT2D eigenvalue weighted by molar-refractivity contribution is 0.0625. The molecule has 1 nitrogen and oxygen atoms in total. The summed E-state index contributed by atoms with van der Waals surface area (Å²) >= 11 is 8.97. The second-order valence-corrected chi connectivity index (χ2v) is 4.53. The van der Waals surface area contributed by atoms with E-state index in [9.17, 15) is 8.78 Å². The number of alkyl halides is 2. The van der Waals surface area contributed by atoms with E-state index in [0.29, 0.717) is 4.47 Å². The van der Waals surface area contributed by atoms with Gasteiger partial charge in [-0.25, -0.2) is 8.78 Å². The van der Waals surface area contributed by atoms with Crippen LogP contribution in [-0.2, 0) is 5.54 Å². The fourth-order valence-electron chi connectivity index (χ4n) is 1.03. The maximum atomic E-state index is 12.6. The zero-order valence-electron chi connectivity index (χ0n) is 7.40. The van der Waals surface area contributed by atoms with Crippen molar-refractivity contribution in [2.75, 3.05) is 0 Å². The molecule has 78 valence electrons. The molecule has 1 atom stereocenters. The third-order valence-electron chi connectivity index (χ3n) is 1.96. The molecule has 0 amide bonds. The van der Waals surface area contributed by atoms with Gasteiger partial charge in [-0.1, -0.05) is 27.5 Å². The monoisotopic (exact) mass is 283 g/mol. The molecule has 0 bridgehead atoms. The van der Waals surface area contributed by atoms with Crippen molar-refractivity contribution in [1.82, 2.24) is 0 Å². The van der Waals surface area contributed by atoms with Gasteiger partial charge in [0.15, 0.2) is 0 Å². The maximum Gasteiger partial charge on any atom is 0.260 e. The molecular weight excluding hydrogens is 275 g/mol. The van der Waals surface area contributed by atoms with Crippen LogP contribution in [0.4, 0.5) is 8.78 Å². The van der Waals surface area contributed by atoms with Crippen LogP contribution < -0.4 is 5.73 Å². The van der Waals surface area contributed by atoms with Gasteiger partial charge in [-0.2, -0.15) is 0 Å². The van der Waals surface area contributed by atoms with Gasteiger partial charge in [-0.05, 0) is 30.7 Å². The summed E-state index contributed by atoms with van der Waals surface area (Å²) in [6, 6.07) is 4.72. The highest BCUT2D eigenvalue weighted by atomic mass is 79.9. The first-order valence-corrected chi connectivity index (χ1v) is 5.05. The average Bonchev–Trinajstić information content (AvgIpc) is 2.08. The van der Waals surface area contributed by atoms with E-state index >= 15 is 0 Å². The van der Waals surface area contributed by atoms with Gasteiger partial charge in [0.1, 0.15) is 5.54 Å². The van der Waals surface area contributed by atoms with Crippen molar-refractivity contribution in [3.8, 4) is 0 Å². The molecule has 0 fully saturated rings. The molecule has 14 heavy (non-hydrogen) atoms. The van der Waals surface area contributed by atoms with E-state index in [4.69, 9.17) is 17.3 Å². The quantitative estimate of drug-likeness (QED) is 0.883. The average molecular weight is 285 g/mol. The van der Waals surface area contributed by atoms with Crippen molar-refractivity contribution in [3.63, 3.8) is 0 Å². The van der Waals surface area contributed by atoms with Crippen LogP contribution in [0.5, 0.6) is 0 Å². The number of hydrogen-bond acceptors (Lipinski definition) is 1. The Hall–Kier alpha value is -0.190. The summed E-state index contributed by atoms with van der Waals surface area (Å²) < 4.78 is 25.9. The Labute approximate surface area is 94.4 Å². The number of nitrogens with two attached hydrogens (primary N) is 1. The normalized spacial score (nSPS) is 15.6. The summed E-state index contributed by atoms with van der Waals surface area (Å²) in [6.07, 6.45) is -2.66. The van der Waals surface area contributed by atoms with Crippen LogP contribution in [0.25, 0.3) is 0 Å². The number of hydrogen-bond donors (Lipinski definition) is 1. The lowest BCUT2D eigenvalue weighted by Gasteiger charge is -2.25. The summed E-state index contributed by atoms with van der Waals surface area (Å²) in [5, 5.41) is 0.249. The fraction of sp³-hybridized carbons (Fsp3) is 0.333. The van der Waals surface area contributed by atoms with E-state index in [1.165, 1.54) is 19.1 Å². The van der Waals surface area contributed by atoms with Crippen LogP contribution >= 0.6 is 27.5 Å². The van der Waals surface area contributed by atoms with Gasteiger partial charge in [0.05, 0.1) is 0 Å². The molecular formula is C9H9BrClF2N. The molecule has 0 aliphatic heterocycles. The molecule has 1 aromatic carbocycles. The third-order valence-corrected chi connectivity index (χ3v) is 2.78. The van der Waals surface area contributed by atoms with E-state index in [0.717, 1.165) is 0 Å². The van der Waals surface area contributed by atoms with E-state index in [1.54, 1.807) is 6.07 Å². The molecule has 0 aromatic heterocycles. The number of benzene rings is 1. The van der Waals surface area contributed by atoms with Crippen LogP contribution in [0.1, 0.15) is 12.5 Å². The van der Waals surface area contributed by atoms with Crippen molar-refractivity contribution in [2.24, 2.45) is 5.73 Å². The minimum Gasteiger partial charge on any atom is -0.317 e. The highest BCUT2D eigenvalue weighted by Gasteiger charge is 2.34. The second kappa shape index (κ2) is 4.13. The Morgan fingerprint density at radius 1 is 1.50 bits per heavy atom. The lowest BCUT2D eigenvalue weighted by atomic mass is 9.94. The van der Waals surface area contributed by atoms with Gasteiger partial charge in [0.2, 0.25) is 0 Å². The first-order chi connectivity index (χ1) is 6.35. The van der Waals surface area contributed by atoms with Crippen molar-refractivity contribution < 1.29 is 8.78 Å². The van der Waals surface area contributed by atoms with Gasteiger partial charge in [-0.3, -0.25) is 0 Å². The van der Waals surface area contributed by atoms with Crippen LogP contribution in [0, 0.1) is 0 Å². The van der Waals surface area contributed by atoms with Crippen molar-refractivity contribution in [2.45, 2.75) is 18.9 Å². The highest BCUT2D eigenvalue weighted by Crippen LogP contribution is 2.32. The first-order valence-electron chi connectivity index (χ1n) is 3.88. The van der Waals surface area contributed by atoms with Gasteiger partial charge in [0.25, 0.3) is 6.43 Å². The van der Waals surface area contributed by atoms with Crippen molar-refractivity contribution in [1.29, 1.82) is 0 Å². The van der Waals surface area contributed by atoms with Crippen LogP contribution in [-0.4, -0.2) is 6.43 Å². The number of halogens is 4. The highest BCUT2D eigenvalue weighted by molar-refractivity contribution is 9.10. The van der Waals surface area contributed by atoms with E-state index in [2.05, 4.69) is 15.9 Å². The standard InChI is InChI=1S/C9H9BrClF2N/c1-9(14,8(12)13)6-4-5(10)2-3-7(6)11/h2-4,8H,14H2,1H3. The van der Waals surface area contributed by atoms with Crippen molar-refractivity contribution in [3.05, 3.63) is 33.3 Å². The van der Waals surface area contributed by atoms with E-state index < -0.39 is 12.0 Å². The minimum atomic E-state index is -2.66. The first kappa shape index (κ1) is 11.9. The Kier molecular flexibility index (Phi) is 3.50. The number of rotatable bonds is 2. The smallest absolute Gasteiger partial charge is 0.260 e. The Balaban J connectivity index is 3.24. The van der Waals surface area contributed by atoms with E-state index in [1.807, 2.05) is 0 Å². The molecule has 1 aromatic rings. The molecule has 1 unspecified atom stereocenters. The zero-order valence-corrected chi connectivity index (χ0v) is 9.74. The molecule has 0 heterocycles. The summed E-state index contributed by atoms with van der Waals surface area (Å²) in [5.41, 5.74) is 4.01. The molecule has 1 rings (SSSR count). The van der Waals surface area contributed by atoms with Gasteiger partial charge in [-0.15, -0.1) is 0 Å². The third kappa shape index (κ3) is 2.24. The predicted molar refractivity (Wildman–Crippen MR) is 56.7 cm³/mol.